The molecule has 2 N–H and O–H groups in total. The Hall–Kier alpha value is -2.19. The van der Waals surface area contributed by atoms with Crippen molar-refractivity contribution in [3.8, 4) is 5.75 Å². The number of benzene rings is 1. The van der Waals surface area contributed by atoms with Crippen molar-refractivity contribution < 1.29 is 14.3 Å². The van der Waals surface area contributed by atoms with Crippen LogP contribution in [0.15, 0.2) is 18.2 Å². The van der Waals surface area contributed by atoms with Crippen molar-refractivity contribution in [1.29, 1.82) is 0 Å². The van der Waals surface area contributed by atoms with Gasteiger partial charge in [-0.1, -0.05) is 22.9 Å². The molecule has 1 aromatic carbocycles. The Bertz CT molecular complexity index is 851. The second-order valence-corrected chi connectivity index (χ2v) is 7.35. The molecule has 4 rings (SSSR count). The van der Waals surface area contributed by atoms with Gasteiger partial charge in [0, 0.05) is 10.9 Å². The minimum Gasteiger partial charge on any atom is -0.466 e. The van der Waals surface area contributed by atoms with Gasteiger partial charge in [0.05, 0.1) is 5.69 Å². The first-order valence-electron chi connectivity index (χ1n) is 7.40. The van der Waals surface area contributed by atoms with Crippen LogP contribution in [0.2, 0.25) is 5.02 Å². The van der Waals surface area contributed by atoms with Gasteiger partial charge in [-0.05, 0) is 38.0 Å². The van der Waals surface area contributed by atoms with E-state index in [1.165, 1.54) is 18.3 Å². The minimum absolute atomic E-state index is 0.362. The van der Waals surface area contributed by atoms with Crippen LogP contribution >= 0.6 is 22.9 Å². The molecule has 0 spiro atoms. The van der Waals surface area contributed by atoms with Crippen LogP contribution in [0.4, 0.5) is 10.8 Å². The Labute approximate surface area is 146 Å². The first-order chi connectivity index (χ1) is 11.5. The lowest BCUT2D eigenvalue weighted by Crippen LogP contribution is -2.56. The van der Waals surface area contributed by atoms with Crippen molar-refractivity contribution in [2.75, 3.05) is 10.6 Å². The van der Waals surface area contributed by atoms with Crippen molar-refractivity contribution in [2.45, 2.75) is 31.3 Å². The van der Waals surface area contributed by atoms with Gasteiger partial charge >= 0.3 is 0 Å². The molecular formula is C15H13ClN4O3S. The number of nitrogens with zero attached hydrogens (tertiary/aromatic N) is 2. The number of amides is 2. The van der Waals surface area contributed by atoms with Crippen molar-refractivity contribution in [3.63, 3.8) is 0 Å². The second-order valence-electron chi connectivity index (χ2n) is 5.90. The summed E-state index contributed by atoms with van der Waals surface area (Å²) in [7, 11) is 0. The number of nitrogens with one attached hydrogen (secondary N) is 2. The molecular weight excluding hydrogens is 352 g/mol. The van der Waals surface area contributed by atoms with E-state index in [1.807, 2.05) is 0 Å². The number of hydrogen-bond acceptors (Lipinski definition) is 6. The third-order valence-corrected chi connectivity index (χ3v) is 5.19. The quantitative estimate of drug-likeness (QED) is 0.817. The molecule has 0 radical (unpaired) electrons. The lowest BCUT2D eigenvalue weighted by Gasteiger charge is -2.32. The molecule has 1 saturated carbocycles. The normalized spacial score (nSPS) is 22.3. The summed E-state index contributed by atoms with van der Waals surface area (Å²) in [4.78, 5) is 25.0. The van der Waals surface area contributed by atoms with E-state index in [0.717, 1.165) is 17.8 Å². The van der Waals surface area contributed by atoms with Gasteiger partial charge < -0.3 is 10.1 Å². The predicted octanol–water partition coefficient (Wildman–Crippen LogP) is 2.80. The van der Waals surface area contributed by atoms with E-state index in [4.69, 9.17) is 16.3 Å². The molecule has 2 amide bonds. The topological polar surface area (TPSA) is 93.2 Å². The highest BCUT2D eigenvalue weighted by atomic mass is 35.5. The summed E-state index contributed by atoms with van der Waals surface area (Å²) in [6.07, 6.45) is 2.20. The number of carbonyl (C=O) groups is 2. The number of ether oxygens (including phenoxy) is 1. The van der Waals surface area contributed by atoms with Gasteiger partial charge in [0.15, 0.2) is 0 Å². The van der Waals surface area contributed by atoms with E-state index < -0.39 is 17.4 Å². The number of halogens is 1. The van der Waals surface area contributed by atoms with Crippen LogP contribution in [-0.2, 0) is 9.59 Å². The molecule has 24 heavy (non-hydrogen) atoms. The molecule has 1 atom stereocenters. The average Bonchev–Trinajstić information content (AvgIpc) is 3.29. The highest BCUT2D eigenvalue weighted by Crippen LogP contribution is 2.42. The highest BCUT2D eigenvalue weighted by Gasteiger charge is 2.47. The predicted molar refractivity (Wildman–Crippen MR) is 89.6 cm³/mol. The lowest BCUT2D eigenvalue weighted by atomic mass is 10.0. The highest BCUT2D eigenvalue weighted by molar-refractivity contribution is 7.15. The number of anilines is 2. The Morgan fingerprint density at radius 2 is 2.25 bits per heavy atom. The van der Waals surface area contributed by atoms with Crippen LogP contribution in [0.25, 0.3) is 0 Å². The molecule has 1 unspecified atom stereocenters. The fourth-order valence-electron chi connectivity index (χ4n) is 2.34. The number of hydrogen-bond donors (Lipinski definition) is 2. The maximum Gasteiger partial charge on any atom is 0.280 e. The van der Waals surface area contributed by atoms with Gasteiger partial charge in [-0.25, -0.2) is 0 Å². The Balaban J connectivity index is 1.55. The number of carbonyl (C=O) groups excluding carboxylic acids is 2. The molecule has 124 valence electrons. The summed E-state index contributed by atoms with van der Waals surface area (Å²) in [6, 6.07) is 4.81. The Kier molecular flexibility index (Phi) is 3.47. The first kappa shape index (κ1) is 15.3. The summed E-state index contributed by atoms with van der Waals surface area (Å²) in [5.41, 5.74) is -1.27. The molecule has 2 aliphatic rings. The van der Waals surface area contributed by atoms with E-state index in [0.29, 0.717) is 27.5 Å². The summed E-state index contributed by atoms with van der Waals surface area (Å²) in [6.45, 7) is 1.41. The van der Waals surface area contributed by atoms with E-state index in [-0.39, 0.29) is 0 Å². The summed E-state index contributed by atoms with van der Waals surface area (Å²) >= 11 is 7.22. The zero-order chi connectivity index (χ0) is 16.9. The molecule has 1 aliphatic carbocycles. The number of rotatable bonds is 3. The summed E-state index contributed by atoms with van der Waals surface area (Å²) in [5, 5.41) is 15.0. The van der Waals surface area contributed by atoms with Gasteiger partial charge in [-0.3, -0.25) is 14.9 Å². The van der Waals surface area contributed by atoms with E-state index in [2.05, 4.69) is 20.8 Å². The molecule has 0 saturated heterocycles. The van der Waals surface area contributed by atoms with Crippen LogP contribution < -0.4 is 15.4 Å². The fraction of sp³-hybridized carbons (Fsp3) is 0.333. The third kappa shape index (κ3) is 2.61. The maximum atomic E-state index is 12.6. The van der Waals surface area contributed by atoms with Gasteiger partial charge in [0.2, 0.25) is 5.13 Å². The summed E-state index contributed by atoms with van der Waals surface area (Å²) in [5.74, 6) is -0.331. The Morgan fingerprint density at radius 3 is 3.00 bits per heavy atom. The molecule has 1 aromatic heterocycles. The molecule has 9 heteroatoms. The molecule has 1 fully saturated rings. The minimum atomic E-state index is -1.70. The lowest BCUT2D eigenvalue weighted by molar-refractivity contribution is -0.143. The van der Waals surface area contributed by atoms with Crippen molar-refractivity contribution in [2.24, 2.45) is 0 Å². The smallest absolute Gasteiger partial charge is 0.280 e. The summed E-state index contributed by atoms with van der Waals surface area (Å²) < 4.78 is 5.66. The molecule has 1 aliphatic heterocycles. The molecule has 0 bridgehead atoms. The zero-order valence-electron chi connectivity index (χ0n) is 12.6. The van der Waals surface area contributed by atoms with Gasteiger partial charge in [-0.2, -0.15) is 0 Å². The zero-order valence-corrected chi connectivity index (χ0v) is 14.2. The van der Waals surface area contributed by atoms with Crippen molar-refractivity contribution in [1.82, 2.24) is 10.2 Å². The molecule has 2 aromatic rings. The van der Waals surface area contributed by atoms with Crippen molar-refractivity contribution >= 4 is 45.6 Å². The number of aromatic nitrogens is 2. The second kappa shape index (κ2) is 5.42. The van der Waals surface area contributed by atoms with Crippen LogP contribution in [0.1, 0.15) is 30.7 Å². The van der Waals surface area contributed by atoms with Crippen LogP contribution in [0, 0.1) is 0 Å². The van der Waals surface area contributed by atoms with Crippen LogP contribution in [-0.4, -0.2) is 27.6 Å². The monoisotopic (exact) mass is 364 g/mol. The van der Waals surface area contributed by atoms with Gasteiger partial charge in [-0.15, -0.1) is 10.2 Å². The maximum absolute atomic E-state index is 12.6. The van der Waals surface area contributed by atoms with Gasteiger partial charge in [0.25, 0.3) is 17.4 Å². The fourth-order valence-corrected chi connectivity index (χ4v) is 3.42. The van der Waals surface area contributed by atoms with E-state index in [1.54, 1.807) is 18.2 Å². The SMILES string of the molecule is CC1(C(=O)Nc2nnc(C3CC3)s2)Oc2ccc(Cl)cc2NC1=O. The Morgan fingerprint density at radius 1 is 1.46 bits per heavy atom. The van der Waals surface area contributed by atoms with Crippen LogP contribution in [0.5, 0.6) is 5.75 Å². The third-order valence-electron chi connectivity index (χ3n) is 3.96. The standard InChI is InChI=1S/C15H13ClN4O3S/c1-15(12(21)17-9-6-8(16)4-5-10(9)23-15)13(22)18-14-20-19-11(24-14)7-2-3-7/h4-7H,2-3H2,1H3,(H,17,21)(H,18,20,22). The van der Waals surface area contributed by atoms with E-state index in [9.17, 15) is 9.59 Å². The van der Waals surface area contributed by atoms with Crippen LogP contribution in [0.3, 0.4) is 0 Å². The van der Waals surface area contributed by atoms with E-state index >= 15 is 0 Å². The first-order valence-corrected chi connectivity index (χ1v) is 8.60. The van der Waals surface area contributed by atoms with Crippen molar-refractivity contribution in [3.05, 3.63) is 28.2 Å². The molecule has 2 heterocycles. The molecule has 7 nitrogen and oxygen atoms in total. The largest absolute Gasteiger partial charge is 0.466 e. The average molecular weight is 365 g/mol. The number of fused-ring (bicyclic) bond motifs is 1. The van der Waals surface area contributed by atoms with Gasteiger partial charge in [0.1, 0.15) is 10.8 Å².